The molecule has 0 aromatic heterocycles. The second-order valence-electron chi connectivity index (χ2n) is 8.63. The number of aliphatic hydroxyl groups is 1. The summed E-state index contributed by atoms with van der Waals surface area (Å²) >= 11 is 0. The number of hydrogen-bond donors (Lipinski definition) is 1. The molecule has 3 heteroatoms. The maximum atomic E-state index is 11.7. The van der Waals surface area contributed by atoms with E-state index in [2.05, 4.69) is 27.4 Å². The van der Waals surface area contributed by atoms with Gasteiger partial charge in [0.1, 0.15) is 0 Å². The molecule has 1 heterocycles. The molecule has 4 atom stereocenters. The van der Waals surface area contributed by atoms with Gasteiger partial charge in [0, 0.05) is 12.0 Å². The van der Waals surface area contributed by atoms with Crippen LogP contribution in [0, 0.1) is 22.7 Å². The molecule has 0 bridgehead atoms. The smallest absolute Gasteiger partial charge is 0.333 e. The Morgan fingerprint density at radius 1 is 1.35 bits per heavy atom. The fourth-order valence-corrected chi connectivity index (χ4v) is 5.52. The number of allylic oxidation sites excluding steroid dienone is 1. The topological polar surface area (TPSA) is 46.5 Å². The molecule has 23 heavy (non-hydrogen) atoms. The van der Waals surface area contributed by atoms with E-state index in [0.717, 1.165) is 24.0 Å². The molecule has 0 aromatic rings. The molecule has 1 aliphatic heterocycles. The van der Waals surface area contributed by atoms with Crippen LogP contribution in [-0.4, -0.2) is 23.8 Å². The number of ether oxygens (including phenoxy) is 1. The van der Waals surface area contributed by atoms with Gasteiger partial charge in [-0.25, -0.2) is 4.79 Å². The molecule has 0 amide bonds. The average molecular weight is 318 g/mol. The fraction of sp³-hybridized carbons (Fsp3) is 0.750. The third kappa shape index (κ3) is 2.77. The van der Waals surface area contributed by atoms with Gasteiger partial charge in [-0.15, -0.1) is 0 Å². The van der Waals surface area contributed by atoms with Gasteiger partial charge in [-0.1, -0.05) is 39.8 Å². The second kappa shape index (κ2) is 5.77. The Hall–Kier alpha value is -1.09. The van der Waals surface area contributed by atoms with Crippen molar-refractivity contribution in [2.24, 2.45) is 22.7 Å². The molecule has 128 valence electrons. The second-order valence-corrected chi connectivity index (χ2v) is 8.63. The number of cyclic esters (lactones) is 1. The van der Waals surface area contributed by atoms with Crippen LogP contribution in [0.5, 0.6) is 0 Å². The zero-order chi connectivity index (χ0) is 16.8. The first-order valence-electron chi connectivity index (χ1n) is 8.98. The lowest BCUT2D eigenvalue weighted by Gasteiger charge is -2.59. The molecule has 3 rings (SSSR count). The van der Waals surface area contributed by atoms with Crippen LogP contribution >= 0.6 is 0 Å². The summed E-state index contributed by atoms with van der Waals surface area (Å²) in [6.07, 6.45) is 7.63. The van der Waals surface area contributed by atoms with E-state index in [1.807, 2.05) is 6.08 Å². The lowest BCUT2D eigenvalue weighted by Crippen LogP contribution is -2.52. The Morgan fingerprint density at radius 3 is 2.74 bits per heavy atom. The lowest BCUT2D eigenvalue weighted by atomic mass is 9.46. The summed E-state index contributed by atoms with van der Waals surface area (Å²) < 4.78 is 5.04. The van der Waals surface area contributed by atoms with Gasteiger partial charge in [0.2, 0.25) is 0 Å². The number of carbonyl (C=O) groups excluding carboxylic acids is 1. The van der Waals surface area contributed by atoms with E-state index >= 15 is 0 Å². The number of carbonyl (C=O) groups is 1. The van der Waals surface area contributed by atoms with Crippen LogP contribution < -0.4 is 0 Å². The van der Waals surface area contributed by atoms with E-state index in [1.165, 1.54) is 19.3 Å². The standard InChI is InChI=1S/C20H30O3/c1-13-15(7-6-14-8-11-23-18(14)22)20(4)10-5-9-19(2,3)17(20)12-16(13)21/h6,15-17,21H,1,5,7-12H2,2-4H3/b14-6+/t15-,16-,17-,20+/m0/s1. The SMILES string of the molecule is C=C1[C@@H](O)C[C@H]2C(C)(C)CCC[C@]2(C)[C@H]1C/C=C1\CCOC1=O. The number of esters is 1. The minimum atomic E-state index is -0.413. The van der Waals surface area contributed by atoms with Crippen molar-refractivity contribution >= 4 is 5.97 Å². The van der Waals surface area contributed by atoms with Crippen molar-refractivity contribution in [2.45, 2.75) is 65.4 Å². The van der Waals surface area contributed by atoms with Crippen LogP contribution in [0.25, 0.3) is 0 Å². The average Bonchev–Trinajstić information content (AvgIpc) is 2.87. The summed E-state index contributed by atoms with van der Waals surface area (Å²) in [6, 6.07) is 0. The quantitative estimate of drug-likeness (QED) is 0.475. The van der Waals surface area contributed by atoms with Gasteiger partial charge >= 0.3 is 5.97 Å². The maximum Gasteiger partial charge on any atom is 0.333 e. The van der Waals surface area contributed by atoms with Crippen LogP contribution in [0.4, 0.5) is 0 Å². The van der Waals surface area contributed by atoms with Crippen LogP contribution in [0.15, 0.2) is 23.8 Å². The first-order chi connectivity index (χ1) is 10.8. The summed E-state index contributed by atoms with van der Waals surface area (Å²) in [5.74, 6) is 0.581. The first-order valence-corrected chi connectivity index (χ1v) is 8.98. The molecular formula is C20H30O3. The van der Waals surface area contributed by atoms with Crippen molar-refractivity contribution in [2.75, 3.05) is 6.61 Å². The van der Waals surface area contributed by atoms with Gasteiger partial charge < -0.3 is 9.84 Å². The molecule has 3 aliphatic rings. The van der Waals surface area contributed by atoms with E-state index < -0.39 is 6.10 Å². The van der Waals surface area contributed by atoms with Crippen LogP contribution in [0.2, 0.25) is 0 Å². The molecule has 0 aromatic carbocycles. The van der Waals surface area contributed by atoms with E-state index in [9.17, 15) is 9.90 Å². The normalized spacial score (nSPS) is 41.7. The Labute approximate surface area is 139 Å². The third-order valence-corrected chi connectivity index (χ3v) is 6.87. The largest absolute Gasteiger partial charge is 0.462 e. The van der Waals surface area contributed by atoms with Gasteiger partial charge in [0.15, 0.2) is 0 Å². The van der Waals surface area contributed by atoms with Crippen molar-refractivity contribution in [3.8, 4) is 0 Å². The fourth-order valence-electron chi connectivity index (χ4n) is 5.52. The summed E-state index contributed by atoms with van der Waals surface area (Å²) in [7, 11) is 0. The highest BCUT2D eigenvalue weighted by molar-refractivity contribution is 5.90. The van der Waals surface area contributed by atoms with Gasteiger partial charge in [-0.2, -0.15) is 0 Å². The Morgan fingerprint density at radius 2 is 2.09 bits per heavy atom. The van der Waals surface area contributed by atoms with Gasteiger partial charge in [0.25, 0.3) is 0 Å². The van der Waals surface area contributed by atoms with Crippen molar-refractivity contribution in [1.29, 1.82) is 0 Å². The summed E-state index contributed by atoms with van der Waals surface area (Å²) in [6.45, 7) is 11.8. The molecule has 1 saturated heterocycles. The highest BCUT2D eigenvalue weighted by Crippen LogP contribution is 2.61. The number of aliphatic hydroxyl groups excluding tert-OH is 1. The van der Waals surface area contributed by atoms with E-state index in [4.69, 9.17) is 4.74 Å². The maximum absolute atomic E-state index is 11.7. The molecule has 0 unspecified atom stereocenters. The predicted octanol–water partition coefficient (Wildman–Crippen LogP) is 4.02. The number of hydrogen-bond acceptors (Lipinski definition) is 3. The zero-order valence-corrected chi connectivity index (χ0v) is 14.7. The van der Waals surface area contributed by atoms with Gasteiger partial charge in [-0.05, 0) is 53.9 Å². The van der Waals surface area contributed by atoms with Crippen LogP contribution in [-0.2, 0) is 9.53 Å². The third-order valence-electron chi connectivity index (χ3n) is 6.87. The van der Waals surface area contributed by atoms with Gasteiger partial charge in [0.05, 0.1) is 12.7 Å². The van der Waals surface area contributed by atoms with Crippen molar-refractivity contribution in [1.82, 2.24) is 0 Å². The lowest BCUT2D eigenvalue weighted by molar-refractivity contribution is -0.135. The Bertz CT molecular complexity index is 545. The summed E-state index contributed by atoms with van der Waals surface area (Å²) in [5.41, 5.74) is 2.18. The molecule has 2 saturated carbocycles. The van der Waals surface area contributed by atoms with E-state index in [-0.39, 0.29) is 22.7 Å². The summed E-state index contributed by atoms with van der Waals surface area (Å²) in [5, 5.41) is 10.6. The number of rotatable bonds is 2. The van der Waals surface area contributed by atoms with Crippen molar-refractivity contribution in [3.05, 3.63) is 23.8 Å². The molecule has 2 aliphatic carbocycles. The number of fused-ring (bicyclic) bond motifs is 1. The minimum Gasteiger partial charge on any atom is -0.462 e. The van der Waals surface area contributed by atoms with Gasteiger partial charge in [-0.3, -0.25) is 0 Å². The zero-order valence-electron chi connectivity index (χ0n) is 14.7. The highest BCUT2D eigenvalue weighted by Gasteiger charge is 2.54. The predicted molar refractivity (Wildman–Crippen MR) is 90.8 cm³/mol. The Kier molecular flexibility index (Phi) is 4.20. The van der Waals surface area contributed by atoms with E-state index in [0.29, 0.717) is 18.9 Å². The highest BCUT2D eigenvalue weighted by atomic mass is 16.5. The van der Waals surface area contributed by atoms with E-state index in [1.54, 1.807) is 0 Å². The molecule has 1 N–H and O–H groups in total. The van der Waals surface area contributed by atoms with Crippen molar-refractivity contribution in [3.63, 3.8) is 0 Å². The molecule has 3 fully saturated rings. The van der Waals surface area contributed by atoms with Crippen LogP contribution in [0.1, 0.15) is 59.3 Å². The van der Waals surface area contributed by atoms with Crippen molar-refractivity contribution < 1.29 is 14.6 Å². The molecule has 0 radical (unpaired) electrons. The molecular weight excluding hydrogens is 288 g/mol. The Balaban J connectivity index is 1.89. The summed E-state index contributed by atoms with van der Waals surface area (Å²) in [4.78, 5) is 11.7. The minimum absolute atomic E-state index is 0.164. The first kappa shape index (κ1) is 16.8. The monoisotopic (exact) mass is 318 g/mol. The van der Waals surface area contributed by atoms with Crippen LogP contribution in [0.3, 0.4) is 0 Å². The molecule has 0 spiro atoms. The molecule has 3 nitrogen and oxygen atoms in total.